The number of hydrogen-bond donors (Lipinski definition) is 5. The van der Waals surface area contributed by atoms with Crippen LogP contribution in [0.15, 0.2) is 0 Å². The number of carboxylic acid groups (broad SMARTS) is 1. The summed E-state index contributed by atoms with van der Waals surface area (Å²) >= 11 is 0. The summed E-state index contributed by atoms with van der Waals surface area (Å²) in [6.45, 7) is -0.0980. The van der Waals surface area contributed by atoms with Crippen molar-refractivity contribution in [3.05, 3.63) is 0 Å². The minimum Gasteiger partial charge on any atom is -0.480 e. The molecule has 0 aromatic carbocycles. The van der Waals surface area contributed by atoms with E-state index in [0.717, 1.165) is 0 Å². The first-order chi connectivity index (χ1) is 7.97. The standard InChI is InChI=1S/C6H13N3O3.C2H5NO2/c7-3-5(10)9-1-2-12-6(11)4-8;3-1-2(4)5/h1-4,7-8H2,(H,9,10);1,3H2,(H,4,5). The van der Waals surface area contributed by atoms with Gasteiger partial charge in [-0.3, -0.25) is 14.4 Å². The van der Waals surface area contributed by atoms with Gasteiger partial charge in [0.15, 0.2) is 0 Å². The van der Waals surface area contributed by atoms with Gasteiger partial charge in [0.25, 0.3) is 0 Å². The number of nitrogens with one attached hydrogen (secondary N) is 1. The average molecular weight is 250 g/mol. The Bertz CT molecular complexity index is 228. The zero-order chi connectivity index (χ0) is 13.7. The van der Waals surface area contributed by atoms with Crippen molar-refractivity contribution < 1.29 is 24.2 Å². The summed E-state index contributed by atoms with van der Waals surface area (Å²) in [6.07, 6.45) is 0. The Balaban J connectivity index is 0. The molecule has 0 aliphatic heterocycles. The number of nitrogens with two attached hydrogens (primary N) is 3. The fourth-order valence-corrected chi connectivity index (χ4v) is 0.486. The molecule has 0 spiro atoms. The third-order valence-electron chi connectivity index (χ3n) is 1.21. The molecule has 0 fully saturated rings. The fraction of sp³-hybridized carbons (Fsp3) is 0.625. The molecule has 0 atom stereocenters. The summed E-state index contributed by atoms with van der Waals surface area (Å²) in [6, 6.07) is 0. The van der Waals surface area contributed by atoms with E-state index in [2.05, 4.69) is 15.8 Å². The number of carboxylic acids is 1. The van der Waals surface area contributed by atoms with Crippen LogP contribution in [0, 0.1) is 0 Å². The van der Waals surface area contributed by atoms with E-state index in [4.69, 9.17) is 16.6 Å². The quantitative estimate of drug-likeness (QED) is 0.239. The lowest BCUT2D eigenvalue weighted by molar-refractivity contribution is -0.142. The van der Waals surface area contributed by atoms with Gasteiger partial charge in [-0.1, -0.05) is 0 Å². The molecule has 0 rings (SSSR count). The summed E-state index contributed by atoms with van der Waals surface area (Å²) in [5.74, 6) is -1.74. The number of ether oxygens (including phenoxy) is 1. The van der Waals surface area contributed by atoms with Crippen molar-refractivity contribution in [2.24, 2.45) is 17.2 Å². The molecule has 100 valence electrons. The smallest absolute Gasteiger partial charge is 0.319 e. The number of rotatable bonds is 6. The van der Waals surface area contributed by atoms with Crippen LogP contribution in [0.5, 0.6) is 0 Å². The molecule has 9 nitrogen and oxygen atoms in total. The van der Waals surface area contributed by atoms with Gasteiger partial charge in [0.2, 0.25) is 5.91 Å². The largest absolute Gasteiger partial charge is 0.480 e. The predicted molar refractivity (Wildman–Crippen MR) is 58.8 cm³/mol. The van der Waals surface area contributed by atoms with Crippen LogP contribution in [0.1, 0.15) is 0 Å². The molecule has 8 N–H and O–H groups in total. The van der Waals surface area contributed by atoms with Crippen molar-refractivity contribution in [2.45, 2.75) is 0 Å². The Morgan fingerprint density at radius 1 is 1.06 bits per heavy atom. The fourth-order valence-electron chi connectivity index (χ4n) is 0.486. The van der Waals surface area contributed by atoms with Crippen LogP contribution in [0.25, 0.3) is 0 Å². The van der Waals surface area contributed by atoms with E-state index in [1.54, 1.807) is 0 Å². The Labute approximate surface area is 98.3 Å². The van der Waals surface area contributed by atoms with Gasteiger partial charge in [0.05, 0.1) is 26.2 Å². The van der Waals surface area contributed by atoms with Crippen LogP contribution in [0.4, 0.5) is 0 Å². The Kier molecular flexibility index (Phi) is 12.9. The number of amides is 1. The van der Waals surface area contributed by atoms with Crippen molar-refractivity contribution >= 4 is 17.8 Å². The summed E-state index contributed by atoms with van der Waals surface area (Å²) in [5, 5.41) is 10.0. The van der Waals surface area contributed by atoms with Gasteiger partial charge in [-0.2, -0.15) is 0 Å². The molecule has 1 amide bonds. The Hall–Kier alpha value is -1.71. The molecule has 9 heteroatoms. The van der Waals surface area contributed by atoms with E-state index in [1.807, 2.05) is 0 Å². The van der Waals surface area contributed by atoms with Crippen LogP contribution >= 0.6 is 0 Å². The zero-order valence-electron chi connectivity index (χ0n) is 9.35. The lowest BCUT2D eigenvalue weighted by atomic mass is 10.5. The van der Waals surface area contributed by atoms with E-state index in [9.17, 15) is 14.4 Å². The summed E-state index contributed by atoms with van der Waals surface area (Å²) < 4.78 is 4.57. The molecule has 17 heavy (non-hydrogen) atoms. The molecule has 0 saturated heterocycles. The van der Waals surface area contributed by atoms with E-state index in [-0.39, 0.29) is 38.7 Å². The molecule has 0 saturated carbocycles. The van der Waals surface area contributed by atoms with Crippen LogP contribution in [0.2, 0.25) is 0 Å². The van der Waals surface area contributed by atoms with Gasteiger partial charge in [-0.05, 0) is 0 Å². The molecule has 0 aromatic heterocycles. The molecule has 0 aliphatic carbocycles. The number of aliphatic carboxylic acids is 1. The third-order valence-corrected chi connectivity index (χ3v) is 1.21. The molecule has 0 aliphatic rings. The van der Waals surface area contributed by atoms with E-state index >= 15 is 0 Å². The molecule has 0 unspecified atom stereocenters. The van der Waals surface area contributed by atoms with Crippen molar-refractivity contribution in [3.63, 3.8) is 0 Å². The summed E-state index contributed by atoms with van der Waals surface area (Å²) in [5.41, 5.74) is 14.5. The van der Waals surface area contributed by atoms with Gasteiger partial charge in [0, 0.05) is 0 Å². The van der Waals surface area contributed by atoms with Gasteiger partial charge in [-0.25, -0.2) is 0 Å². The van der Waals surface area contributed by atoms with Gasteiger partial charge in [-0.15, -0.1) is 0 Å². The molecule has 0 bridgehead atoms. The molecule has 0 radical (unpaired) electrons. The van der Waals surface area contributed by atoms with E-state index < -0.39 is 11.9 Å². The maximum Gasteiger partial charge on any atom is 0.319 e. The van der Waals surface area contributed by atoms with Crippen molar-refractivity contribution in [2.75, 3.05) is 32.8 Å². The number of esters is 1. The highest BCUT2D eigenvalue weighted by Crippen LogP contribution is 1.73. The maximum absolute atomic E-state index is 10.5. The van der Waals surface area contributed by atoms with E-state index in [1.165, 1.54) is 0 Å². The first-order valence-electron chi connectivity index (χ1n) is 4.72. The van der Waals surface area contributed by atoms with Crippen LogP contribution < -0.4 is 22.5 Å². The van der Waals surface area contributed by atoms with Gasteiger partial charge < -0.3 is 32.4 Å². The minimum absolute atomic E-state index is 0.0646. The number of carbonyl (C=O) groups excluding carboxylic acids is 2. The van der Waals surface area contributed by atoms with Crippen LogP contribution in [-0.2, 0) is 19.1 Å². The maximum atomic E-state index is 10.5. The zero-order valence-corrected chi connectivity index (χ0v) is 9.35. The van der Waals surface area contributed by atoms with Gasteiger partial charge in [0.1, 0.15) is 6.61 Å². The second kappa shape index (κ2) is 12.4. The molecule has 0 heterocycles. The highest BCUT2D eigenvalue weighted by atomic mass is 16.5. The first-order valence-corrected chi connectivity index (χ1v) is 4.72. The topological polar surface area (TPSA) is 171 Å². The Morgan fingerprint density at radius 2 is 1.59 bits per heavy atom. The van der Waals surface area contributed by atoms with E-state index in [0.29, 0.717) is 0 Å². The molecular formula is C8H18N4O5. The molecular weight excluding hydrogens is 232 g/mol. The second-order valence-electron chi connectivity index (χ2n) is 2.58. The van der Waals surface area contributed by atoms with Gasteiger partial charge >= 0.3 is 11.9 Å². The minimum atomic E-state index is -0.968. The normalized spacial score (nSPS) is 8.65. The predicted octanol–water partition coefficient (Wildman–Crippen LogP) is -3.41. The average Bonchev–Trinajstić information content (AvgIpc) is 2.34. The Morgan fingerprint density at radius 3 is 1.94 bits per heavy atom. The van der Waals surface area contributed by atoms with Crippen molar-refractivity contribution in [3.8, 4) is 0 Å². The van der Waals surface area contributed by atoms with Crippen molar-refractivity contribution in [1.82, 2.24) is 5.32 Å². The lowest BCUT2D eigenvalue weighted by Crippen LogP contribution is -2.33. The van der Waals surface area contributed by atoms with Crippen molar-refractivity contribution in [1.29, 1.82) is 0 Å². The SMILES string of the molecule is NCC(=O)NCCOC(=O)CN.NCC(=O)O. The monoisotopic (exact) mass is 250 g/mol. The second-order valence-corrected chi connectivity index (χ2v) is 2.58. The number of hydrogen-bond acceptors (Lipinski definition) is 7. The highest BCUT2D eigenvalue weighted by Gasteiger charge is 1.98. The van der Waals surface area contributed by atoms with Crippen LogP contribution in [0.3, 0.4) is 0 Å². The summed E-state index contributed by atoms with van der Waals surface area (Å²) in [7, 11) is 0. The lowest BCUT2D eigenvalue weighted by Gasteiger charge is -2.03. The number of carbonyl (C=O) groups is 3. The molecule has 0 aromatic rings. The summed E-state index contributed by atoms with van der Waals surface area (Å²) in [4.78, 5) is 30.2. The first kappa shape index (κ1) is 17.7. The highest BCUT2D eigenvalue weighted by molar-refractivity contribution is 5.77. The third kappa shape index (κ3) is 16.9. The van der Waals surface area contributed by atoms with Crippen LogP contribution in [-0.4, -0.2) is 55.7 Å².